The van der Waals surface area contributed by atoms with Crippen molar-refractivity contribution in [3.05, 3.63) is 76.4 Å². The molecule has 0 heterocycles. The van der Waals surface area contributed by atoms with E-state index in [4.69, 9.17) is 4.74 Å². The van der Waals surface area contributed by atoms with Gasteiger partial charge in [-0.2, -0.15) is 0 Å². The number of hydrogen-bond donors (Lipinski definition) is 0. The van der Waals surface area contributed by atoms with Gasteiger partial charge in [0.25, 0.3) is 0 Å². The van der Waals surface area contributed by atoms with Crippen molar-refractivity contribution in [2.75, 3.05) is 6.61 Å². The third-order valence-electron chi connectivity index (χ3n) is 5.35. The highest BCUT2D eigenvalue weighted by Crippen LogP contribution is 2.37. The number of fused-ring (bicyclic) bond motifs is 1. The second-order valence-electron chi connectivity index (χ2n) is 7.33. The Morgan fingerprint density at radius 1 is 1.11 bits per heavy atom. The van der Waals surface area contributed by atoms with E-state index >= 15 is 0 Å². The second kappa shape index (κ2) is 9.16. The largest absolute Gasteiger partial charge is 0.490 e. The molecule has 1 atom stereocenters. The fourth-order valence-electron chi connectivity index (χ4n) is 3.86. The van der Waals surface area contributed by atoms with Crippen molar-refractivity contribution in [3.63, 3.8) is 0 Å². The van der Waals surface area contributed by atoms with E-state index in [2.05, 4.69) is 13.0 Å². The average Bonchev–Trinajstić information content (AvgIpc) is 2.66. The molecule has 0 radical (unpaired) electrons. The highest BCUT2D eigenvalue weighted by Gasteiger charge is 2.26. The molecule has 1 aliphatic rings. The molecule has 3 rings (SSSR count). The van der Waals surface area contributed by atoms with Gasteiger partial charge >= 0.3 is 0 Å². The molecule has 0 saturated carbocycles. The van der Waals surface area contributed by atoms with Crippen LogP contribution in [0.5, 0.6) is 5.75 Å². The summed E-state index contributed by atoms with van der Waals surface area (Å²) in [6.45, 7) is 4.60. The number of ether oxygens (including phenoxy) is 1. The fraction of sp³-hybridized carbons (Fsp3) is 0.417. The summed E-state index contributed by atoms with van der Waals surface area (Å²) in [5, 5.41) is 0. The predicted octanol–water partition coefficient (Wildman–Crippen LogP) is 6.53. The van der Waals surface area contributed by atoms with Gasteiger partial charge in [-0.05, 0) is 85.9 Å². The first kappa shape index (κ1) is 19.6. The standard InChI is InChI=1S/C24H28F2O/c1-3-5-7-17-13-22(25)24(23(26)14-17)20-9-8-19-16-21(27-12-6-4-2)11-10-18(19)15-20/h4,6,10-11,13-14,16,20H,3,5,7-9,12,15H2,1-2H3. The van der Waals surface area contributed by atoms with Crippen LogP contribution in [0.15, 0.2) is 42.5 Å². The van der Waals surface area contributed by atoms with Crippen molar-refractivity contribution in [2.45, 2.75) is 58.3 Å². The quantitative estimate of drug-likeness (QED) is 0.503. The molecule has 1 aliphatic carbocycles. The van der Waals surface area contributed by atoms with E-state index in [1.54, 1.807) is 0 Å². The van der Waals surface area contributed by atoms with Crippen molar-refractivity contribution in [2.24, 2.45) is 0 Å². The summed E-state index contributed by atoms with van der Waals surface area (Å²) in [5.41, 5.74) is 3.41. The van der Waals surface area contributed by atoms with Crippen LogP contribution in [0, 0.1) is 11.6 Å². The number of allylic oxidation sites excluding steroid dienone is 1. The lowest BCUT2D eigenvalue weighted by molar-refractivity contribution is 0.361. The third kappa shape index (κ3) is 4.77. The van der Waals surface area contributed by atoms with Crippen LogP contribution in [0.25, 0.3) is 0 Å². The highest BCUT2D eigenvalue weighted by atomic mass is 19.1. The van der Waals surface area contributed by atoms with Crippen LogP contribution in [-0.4, -0.2) is 6.61 Å². The lowest BCUT2D eigenvalue weighted by Gasteiger charge is -2.26. The van der Waals surface area contributed by atoms with Crippen LogP contribution in [0.2, 0.25) is 0 Å². The van der Waals surface area contributed by atoms with Gasteiger partial charge in [0.1, 0.15) is 24.0 Å². The van der Waals surface area contributed by atoms with Crippen molar-refractivity contribution < 1.29 is 13.5 Å². The molecule has 0 saturated heterocycles. The normalized spacial score (nSPS) is 16.5. The SMILES string of the molecule is CC=CCOc1ccc2c(c1)CCC(c1c(F)cc(CCCC)cc1F)C2. The van der Waals surface area contributed by atoms with Gasteiger partial charge in [-0.1, -0.05) is 31.6 Å². The molecule has 3 heteroatoms. The number of unbranched alkanes of at least 4 members (excludes halogenated alkanes) is 1. The Hall–Kier alpha value is -2.16. The van der Waals surface area contributed by atoms with Crippen LogP contribution in [0.1, 0.15) is 61.3 Å². The molecular weight excluding hydrogens is 342 g/mol. The lowest BCUT2D eigenvalue weighted by atomic mass is 9.79. The molecule has 0 bridgehead atoms. The Balaban J connectivity index is 1.76. The van der Waals surface area contributed by atoms with Crippen LogP contribution in [0.3, 0.4) is 0 Å². The van der Waals surface area contributed by atoms with E-state index in [0.717, 1.165) is 43.4 Å². The molecule has 0 N–H and O–H groups in total. The number of aryl methyl sites for hydroxylation is 2. The number of benzene rings is 2. The molecule has 0 fully saturated rings. The highest BCUT2D eigenvalue weighted by molar-refractivity contribution is 5.40. The lowest BCUT2D eigenvalue weighted by Crippen LogP contribution is -2.16. The Bertz CT molecular complexity index is 787. The maximum absolute atomic E-state index is 14.7. The molecule has 0 aliphatic heterocycles. The molecule has 0 aromatic heterocycles. The third-order valence-corrected chi connectivity index (χ3v) is 5.35. The molecule has 2 aromatic rings. The van der Waals surface area contributed by atoms with Gasteiger partial charge in [0.2, 0.25) is 0 Å². The van der Waals surface area contributed by atoms with Crippen LogP contribution < -0.4 is 4.74 Å². The van der Waals surface area contributed by atoms with Crippen molar-refractivity contribution >= 4 is 0 Å². The van der Waals surface area contributed by atoms with Gasteiger partial charge in [0.05, 0.1) is 0 Å². The summed E-state index contributed by atoms with van der Waals surface area (Å²) in [4.78, 5) is 0. The van der Waals surface area contributed by atoms with Gasteiger partial charge in [-0.3, -0.25) is 0 Å². The summed E-state index contributed by atoms with van der Waals surface area (Å²) in [7, 11) is 0. The van der Waals surface area contributed by atoms with Crippen LogP contribution in [-0.2, 0) is 19.3 Å². The summed E-state index contributed by atoms with van der Waals surface area (Å²) in [6, 6.07) is 9.11. The zero-order valence-corrected chi connectivity index (χ0v) is 16.2. The molecule has 144 valence electrons. The minimum absolute atomic E-state index is 0.104. The minimum atomic E-state index is -0.388. The molecule has 1 nitrogen and oxygen atoms in total. The summed E-state index contributed by atoms with van der Waals surface area (Å²) in [5.74, 6) is -0.0304. The van der Waals surface area contributed by atoms with Crippen molar-refractivity contribution in [1.82, 2.24) is 0 Å². The number of halogens is 2. The Morgan fingerprint density at radius 3 is 2.59 bits per heavy atom. The van der Waals surface area contributed by atoms with E-state index < -0.39 is 0 Å². The summed E-state index contributed by atoms with van der Waals surface area (Å²) >= 11 is 0. The first-order valence-corrected chi connectivity index (χ1v) is 9.96. The molecular formula is C24H28F2O. The minimum Gasteiger partial charge on any atom is -0.490 e. The molecule has 0 spiro atoms. The van der Waals surface area contributed by atoms with Crippen LogP contribution in [0.4, 0.5) is 8.78 Å². The maximum Gasteiger partial charge on any atom is 0.129 e. The summed E-state index contributed by atoms with van der Waals surface area (Å²) in [6.07, 6.45) is 8.87. The second-order valence-corrected chi connectivity index (χ2v) is 7.33. The number of rotatable bonds is 7. The molecule has 27 heavy (non-hydrogen) atoms. The van der Waals surface area contributed by atoms with Gasteiger partial charge < -0.3 is 4.74 Å². The van der Waals surface area contributed by atoms with Gasteiger partial charge in [-0.15, -0.1) is 0 Å². The first-order chi connectivity index (χ1) is 13.1. The van der Waals surface area contributed by atoms with E-state index in [-0.39, 0.29) is 23.1 Å². The van der Waals surface area contributed by atoms with Gasteiger partial charge in [0.15, 0.2) is 0 Å². The molecule has 1 unspecified atom stereocenters. The summed E-state index contributed by atoms with van der Waals surface area (Å²) < 4.78 is 35.0. The predicted molar refractivity (Wildman–Crippen MR) is 106 cm³/mol. The molecule has 0 amide bonds. The Kier molecular flexibility index (Phi) is 6.65. The first-order valence-electron chi connectivity index (χ1n) is 9.96. The number of hydrogen-bond acceptors (Lipinski definition) is 1. The van der Waals surface area contributed by atoms with E-state index in [9.17, 15) is 8.78 Å². The van der Waals surface area contributed by atoms with Crippen molar-refractivity contribution in [3.8, 4) is 5.75 Å². The fourth-order valence-corrected chi connectivity index (χ4v) is 3.86. The Morgan fingerprint density at radius 2 is 1.89 bits per heavy atom. The molecule has 2 aromatic carbocycles. The van der Waals surface area contributed by atoms with E-state index in [1.807, 2.05) is 31.2 Å². The smallest absolute Gasteiger partial charge is 0.129 e. The topological polar surface area (TPSA) is 9.23 Å². The zero-order valence-electron chi connectivity index (χ0n) is 16.2. The van der Waals surface area contributed by atoms with Gasteiger partial charge in [-0.25, -0.2) is 8.78 Å². The Labute approximate surface area is 161 Å². The maximum atomic E-state index is 14.7. The average molecular weight is 370 g/mol. The van der Waals surface area contributed by atoms with Crippen molar-refractivity contribution in [1.29, 1.82) is 0 Å². The monoisotopic (exact) mass is 370 g/mol. The van der Waals surface area contributed by atoms with Crippen LogP contribution >= 0.6 is 0 Å². The van der Waals surface area contributed by atoms with E-state index in [1.165, 1.54) is 23.3 Å². The van der Waals surface area contributed by atoms with Gasteiger partial charge in [0, 0.05) is 5.56 Å². The zero-order chi connectivity index (χ0) is 19.2. The van der Waals surface area contributed by atoms with E-state index in [0.29, 0.717) is 13.0 Å².